The van der Waals surface area contributed by atoms with Gasteiger partial charge in [0, 0.05) is 31.9 Å². The molecule has 1 saturated heterocycles. The maximum absolute atomic E-state index is 13.2. The molecule has 2 amide bonds. The molecule has 1 aromatic rings. The summed E-state index contributed by atoms with van der Waals surface area (Å²) in [6.07, 6.45) is 6.91. The topological polar surface area (TPSA) is 72.9 Å². The van der Waals surface area contributed by atoms with Crippen molar-refractivity contribution in [3.63, 3.8) is 0 Å². The van der Waals surface area contributed by atoms with Crippen molar-refractivity contribution in [2.75, 3.05) is 31.1 Å². The van der Waals surface area contributed by atoms with E-state index in [0.29, 0.717) is 31.8 Å². The average molecular weight is 383 g/mol. The molecule has 150 valence electrons. The lowest BCUT2D eigenvalue weighted by atomic mass is 9.75. The second kappa shape index (κ2) is 8.35. The highest BCUT2D eigenvalue weighted by atomic mass is 16.5. The van der Waals surface area contributed by atoms with Crippen molar-refractivity contribution in [1.82, 2.24) is 10.4 Å². The zero-order valence-corrected chi connectivity index (χ0v) is 16.2. The van der Waals surface area contributed by atoms with E-state index in [4.69, 9.17) is 0 Å². The van der Waals surface area contributed by atoms with Gasteiger partial charge < -0.3 is 9.80 Å². The van der Waals surface area contributed by atoms with Gasteiger partial charge in [-0.2, -0.15) is 0 Å². The van der Waals surface area contributed by atoms with E-state index in [9.17, 15) is 14.8 Å². The number of allylic oxidation sites excluding steroid dienone is 2. The third-order valence-corrected chi connectivity index (χ3v) is 6.31. The Labute approximate surface area is 166 Å². The Morgan fingerprint density at radius 3 is 2.36 bits per heavy atom. The number of benzene rings is 1. The summed E-state index contributed by atoms with van der Waals surface area (Å²) in [6.45, 7) is 2.93. The van der Waals surface area contributed by atoms with Gasteiger partial charge in [0.25, 0.3) is 0 Å². The predicted octanol–water partition coefficient (Wildman–Crippen LogP) is 2.59. The highest BCUT2D eigenvalue weighted by Crippen LogP contribution is 2.39. The van der Waals surface area contributed by atoms with Gasteiger partial charge >= 0.3 is 0 Å². The van der Waals surface area contributed by atoms with Crippen molar-refractivity contribution in [2.45, 2.75) is 32.1 Å². The fourth-order valence-electron chi connectivity index (χ4n) is 4.53. The van der Waals surface area contributed by atoms with Crippen molar-refractivity contribution in [3.05, 3.63) is 42.0 Å². The molecule has 2 aliphatic carbocycles. The van der Waals surface area contributed by atoms with Crippen LogP contribution in [-0.2, 0) is 9.59 Å². The molecule has 0 bridgehead atoms. The van der Waals surface area contributed by atoms with Crippen LogP contribution in [0.2, 0.25) is 0 Å². The van der Waals surface area contributed by atoms with Gasteiger partial charge in [-0.3, -0.25) is 14.8 Å². The van der Waals surface area contributed by atoms with Crippen molar-refractivity contribution in [3.8, 4) is 0 Å². The molecule has 0 radical (unpaired) electrons. The molecular formula is C22H29N3O3. The van der Waals surface area contributed by atoms with Crippen LogP contribution in [0.25, 0.3) is 0 Å². The quantitative estimate of drug-likeness (QED) is 0.476. The van der Waals surface area contributed by atoms with Gasteiger partial charge in [-0.15, -0.1) is 0 Å². The number of nitrogens with zero attached hydrogens (tertiary/aromatic N) is 2. The van der Waals surface area contributed by atoms with Crippen LogP contribution in [0.15, 0.2) is 42.0 Å². The van der Waals surface area contributed by atoms with Gasteiger partial charge in [-0.25, -0.2) is 5.48 Å². The number of nitrogens with one attached hydrogen (secondary N) is 1. The number of hydrogen-bond donors (Lipinski definition) is 2. The highest BCUT2D eigenvalue weighted by Gasteiger charge is 2.40. The highest BCUT2D eigenvalue weighted by molar-refractivity contribution is 5.88. The summed E-state index contributed by atoms with van der Waals surface area (Å²) in [6, 6.07) is 10.2. The minimum atomic E-state index is -0.469. The number of para-hydroxylation sites is 1. The van der Waals surface area contributed by atoms with Crippen LogP contribution in [-0.4, -0.2) is 48.1 Å². The Morgan fingerprint density at radius 1 is 1.00 bits per heavy atom. The fraction of sp³-hybridized carbons (Fsp3) is 0.545. The first kappa shape index (κ1) is 19.0. The molecule has 2 atom stereocenters. The Kier molecular flexibility index (Phi) is 5.67. The largest absolute Gasteiger partial charge is 0.368 e. The van der Waals surface area contributed by atoms with E-state index in [2.05, 4.69) is 23.1 Å². The zero-order chi connectivity index (χ0) is 19.5. The van der Waals surface area contributed by atoms with Crippen molar-refractivity contribution < 1.29 is 14.8 Å². The standard InChI is InChI=1S/C22H29N3O3/c26-21(23-28)20-15-17(14-16-6-7-16)8-9-19(20)22(27)25-12-10-24(11-13-25)18-4-2-1-3-5-18/h1-5,14,16,19-20,28H,6-13,15H2,(H,23,26)/t19-,20-/m0/s1. The number of carbonyl (C=O) groups is 2. The SMILES string of the molecule is O=C(NO)[C@H]1CC(=CC2CC2)CC[C@@H]1C(=O)N1CCN(c2ccccc2)CC1. The molecule has 0 spiro atoms. The van der Waals surface area contributed by atoms with Crippen LogP contribution in [0, 0.1) is 17.8 Å². The molecule has 6 heteroatoms. The normalized spacial score (nSPS) is 27.0. The van der Waals surface area contributed by atoms with Crippen molar-refractivity contribution >= 4 is 17.5 Å². The first-order chi connectivity index (χ1) is 13.7. The van der Waals surface area contributed by atoms with Crippen LogP contribution in [0.5, 0.6) is 0 Å². The summed E-state index contributed by atoms with van der Waals surface area (Å²) >= 11 is 0. The molecule has 1 aliphatic heterocycles. The van der Waals surface area contributed by atoms with Gasteiger partial charge in [0.2, 0.25) is 11.8 Å². The molecule has 0 aromatic heterocycles. The lowest BCUT2D eigenvalue weighted by Gasteiger charge is -2.40. The Morgan fingerprint density at radius 2 is 1.71 bits per heavy atom. The van der Waals surface area contributed by atoms with Gasteiger partial charge in [0.05, 0.1) is 11.8 Å². The van der Waals surface area contributed by atoms with Crippen molar-refractivity contribution in [2.24, 2.45) is 17.8 Å². The van der Waals surface area contributed by atoms with Gasteiger partial charge in [-0.05, 0) is 50.2 Å². The Hall–Kier alpha value is -2.34. The molecule has 3 aliphatic rings. The molecule has 0 unspecified atom stereocenters. The molecule has 2 saturated carbocycles. The second-order valence-corrected chi connectivity index (χ2v) is 8.24. The minimum absolute atomic E-state index is 0.0618. The second-order valence-electron chi connectivity index (χ2n) is 8.24. The number of piperazine rings is 1. The van der Waals surface area contributed by atoms with Crippen LogP contribution in [0.1, 0.15) is 32.1 Å². The maximum atomic E-state index is 13.2. The number of hydrogen-bond acceptors (Lipinski definition) is 4. The summed E-state index contributed by atoms with van der Waals surface area (Å²) in [5.41, 5.74) is 4.25. The van der Waals surface area contributed by atoms with E-state index >= 15 is 0 Å². The molecule has 28 heavy (non-hydrogen) atoms. The first-order valence-corrected chi connectivity index (χ1v) is 10.4. The van der Waals surface area contributed by atoms with Crippen LogP contribution < -0.4 is 10.4 Å². The van der Waals surface area contributed by atoms with Gasteiger partial charge in [0.15, 0.2) is 0 Å². The molecule has 4 rings (SSSR count). The van der Waals surface area contributed by atoms with E-state index in [1.807, 2.05) is 23.1 Å². The third-order valence-electron chi connectivity index (χ3n) is 6.31. The minimum Gasteiger partial charge on any atom is -0.368 e. The van der Waals surface area contributed by atoms with Gasteiger partial charge in [0.1, 0.15) is 0 Å². The smallest absolute Gasteiger partial charge is 0.247 e. The lowest BCUT2D eigenvalue weighted by Crippen LogP contribution is -2.52. The first-order valence-electron chi connectivity index (χ1n) is 10.4. The van der Waals surface area contributed by atoms with Crippen molar-refractivity contribution in [1.29, 1.82) is 0 Å². The number of amides is 2. The predicted molar refractivity (Wildman–Crippen MR) is 107 cm³/mol. The summed E-state index contributed by atoms with van der Waals surface area (Å²) in [5.74, 6) is -0.518. The van der Waals surface area contributed by atoms with Crippen LogP contribution in [0.4, 0.5) is 5.69 Å². The van der Waals surface area contributed by atoms with E-state index in [-0.39, 0.29) is 11.8 Å². The summed E-state index contributed by atoms with van der Waals surface area (Å²) in [7, 11) is 0. The molecule has 6 nitrogen and oxygen atoms in total. The summed E-state index contributed by atoms with van der Waals surface area (Å²) in [5, 5.41) is 9.19. The Bertz CT molecular complexity index is 737. The van der Waals surface area contributed by atoms with E-state index < -0.39 is 11.8 Å². The maximum Gasteiger partial charge on any atom is 0.247 e. The monoisotopic (exact) mass is 383 g/mol. The third kappa shape index (κ3) is 4.22. The van der Waals surface area contributed by atoms with Gasteiger partial charge in [-0.1, -0.05) is 29.8 Å². The van der Waals surface area contributed by atoms with E-state index in [1.54, 1.807) is 5.48 Å². The van der Waals surface area contributed by atoms with E-state index in [1.165, 1.54) is 24.1 Å². The summed E-state index contributed by atoms with van der Waals surface area (Å²) in [4.78, 5) is 29.7. The van der Waals surface area contributed by atoms with Crippen LogP contribution >= 0.6 is 0 Å². The van der Waals surface area contributed by atoms with E-state index in [0.717, 1.165) is 19.5 Å². The number of anilines is 1. The fourth-order valence-corrected chi connectivity index (χ4v) is 4.53. The average Bonchev–Trinajstić information content (AvgIpc) is 3.57. The molecule has 1 heterocycles. The number of hydroxylamine groups is 1. The zero-order valence-electron chi connectivity index (χ0n) is 16.2. The number of carbonyl (C=O) groups excluding carboxylic acids is 2. The molecule has 2 N–H and O–H groups in total. The van der Waals surface area contributed by atoms with Crippen LogP contribution in [0.3, 0.4) is 0 Å². The molecular weight excluding hydrogens is 354 g/mol. The molecule has 1 aromatic carbocycles. The summed E-state index contributed by atoms with van der Waals surface area (Å²) < 4.78 is 0. The Balaban J connectivity index is 1.39. The number of rotatable bonds is 4. The lowest BCUT2D eigenvalue weighted by molar-refractivity contribution is -0.146. The molecule has 3 fully saturated rings.